The van der Waals surface area contributed by atoms with E-state index in [1.54, 1.807) is 0 Å². The Morgan fingerprint density at radius 1 is 0.833 bits per heavy atom. The summed E-state index contributed by atoms with van der Waals surface area (Å²) in [5.41, 5.74) is 2.83. The molecule has 0 aliphatic heterocycles. The summed E-state index contributed by atoms with van der Waals surface area (Å²) in [6.45, 7) is 4.42. The number of aryl methyl sites for hydroxylation is 2. The molecule has 0 atom stereocenters. The molecular weight excluding hydrogens is 218 g/mol. The summed E-state index contributed by atoms with van der Waals surface area (Å²) in [6.07, 6.45) is 6.60. The lowest BCUT2D eigenvalue weighted by Gasteiger charge is -2.04. The third-order valence-electron chi connectivity index (χ3n) is 3.38. The average Bonchev–Trinajstić information content (AvgIpc) is 2.34. The minimum atomic E-state index is 0. The van der Waals surface area contributed by atoms with Crippen LogP contribution in [0.3, 0.4) is 0 Å². The fourth-order valence-electron chi connectivity index (χ4n) is 2.33. The molecule has 0 saturated heterocycles. The van der Waals surface area contributed by atoms with Gasteiger partial charge in [0.15, 0.2) is 0 Å². The van der Waals surface area contributed by atoms with Crippen LogP contribution in [0.4, 0.5) is 0 Å². The van der Waals surface area contributed by atoms with Crippen molar-refractivity contribution < 1.29 is 0 Å². The van der Waals surface area contributed by atoms with Gasteiger partial charge in [-0.05, 0) is 36.1 Å². The summed E-state index contributed by atoms with van der Waals surface area (Å²) in [5.74, 6) is 0. The Morgan fingerprint density at radius 3 is 2.39 bits per heavy atom. The first-order chi connectivity index (χ1) is 8.29. The molecule has 0 amide bonds. The fourth-order valence-corrected chi connectivity index (χ4v) is 2.33. The molecule has 0 fully saturated rings. The molecule has 0 bridgehead atoms. The molecule has 0 aliphatic carbocycles. The smallest absolute Gasteiger partial charge is 0.0179 e. The van der Waals surface area contributed by atoms with E-state index < -0.39 is 0 Å². The largest absolute Gasteiger partial charge is 0.344 e. The maximum absolute atomic E-state index is 2.36. The number of benzene rings is 2. The minimum Gasteiger partial charge on any atom is -0.344 e. The third-order valence-corrected chi connectivity index (χ3v) is 3.38. The van der Waals surface area contributed by atoms with Gasteiger partial charge in [-0.3, -0.25) is 0 Å². The van der Waals surface area contributed by atoms with Crippen LogP contribution in [0.15, 0.2) is 36.4 Å². The van der Waals surface area contributed by atoms with Gasteiger partial charge in [-0.25, -0.2) is 0 Å². The Labute approximate surface area is 111 Å². The van der Waals surface area contributed by atoms with Crippen LogP contribution in [0.1, 0.15) is 43.7 Å². The molecule has 1 nitrogen and oxygen atoms in total. The first kappa shape index (κ1) is 14.7. The van der Waals surface area contributed by atoms with E-state index in [9.17, 15) is 0 Å². The van der Waals surface area contributed by atoms with E-state index in [0.29, 0.717) is 0 Å². The Morgan fingerprint density at radius 2 is 1.61 bits per heavy atom. The molecule has 0 aliphatic rings. The van der Waals surface area contributed by atoms with Gasteiger partial charge in [-0.1, -0.05) is 68.1 Å². The first-order valence-electron chi connectivity index (χ1n) is 6.79. The van der Waals surface area contributed by atoms with Crippen molar-refractivity contribution in [2.24, 2.45) is 0 Å². The highest BCUT2D eigenvalue weighted by Crippen LogP contribution is 2.19. The Hall–Kier alpha value is -1.34. The van der Waals surface area contributed by atoms with Crippen LogP contribution in [0.5, 0.6) is 0 Å². The number of rotatable bonds is 5. The van der Waals surface area contributed by atoms with Crippen LogP contribution >= 0.6 is 0 Å². The van der Waals surface area contributed by atoms with Crippen LogP contribution < -0.4 is 6.15 Å². The quantitative estimate of drug-likeness (QED) is 0.698. The molecule has 0 heterocycles. The van der Waals surface area contributed by atoms with Crippen LogP contribution in [0.2, 0.25) is 0 Å². The molecular formula is C17H25N. The standard InChI is InChI=1S/C17H22.H3N/c1-3-4-5-6-7-15-9-11-16-10-8-14(2)12-17(16)13-15;/h8-13H,3-7H2,1-2H3;1H3. The monoisotopic (exact) mass is 243 g/mol. The highest BCUT2D eigenvalue weighted by molar-refractivity contribution is 5.83. The van der Waals surface area contributed by atoms with Crippen molar-refractivity contribution in [2.45, 2.75) is 46.0 Å². The molecule has 98 valence electrons. The van der Waals surface area contributed by atoms with Crippen LogP contribution in [-0.2, 0) is 6.42 Å². The molecule has 0 aromatic heterocycles. The molecule has 2 aromatic carbocycles. The van der Waals surface area contributed by atoms with Crippen molar-refractivity contribution in [3.8, 4) is 0 Å². The first-order valence-corrected chi connectivity index (χ1v) is 6.79. The molecule has 2 rings (SSSR count). The van der Waals surface area contributed by atoms with Crippen LogP contribution in [0, 0.1) is 6.92 Å². The van der Waals surface area contributed by atoms with Gasteiger partial charge in [0.25, 0.3) is 0 Å². The molecule has 18 heavy (non-hydrogen) atoms. The molecule has 2 aromatic rings. The van der Waals surface area contributed by atoms with E-state index in [1.807, 2.05) is 0 Å². The Kier molecular flexibility index (Phi) is 5.87. The van der Waals surface area contributed by atoms with Crippen LogP contribution in [0.25, 0.3) is 10.8 Å². The lowest BCUT2D eigenvalue weighted by Crippen LogP contribution is -1.86. The zero-order valence-corrected chi connectivity index (χ0v) is 11.7. The molecule has 3 N–H and O–H groups in total. The summed E-state index contributed by atoms with van der Waals surface area (Å²) in [7, 11) is 0. The Balaban J connectivity index is 0.00000162. The van der Waals surface area contributed by atoms with E-state index in [-0.39, 0.29) is 6.15 Å². The summed E-state index contributed by atoms with van der Waals surface area (Å²) in [4.78, 5) is 0. The van der Waals surface area contributed by atoms with E-state index in [2.05, 4.69) is 50.2 Å². The fraction of sp³-hybridized carbons (Fsp3) is 0.412. The zero-order chi connectivity index (χ0) is 12.1. The SMILES string of the molecule is CCCCCCc1ccc2ccc(C)cc2c1.N. The zero-order valence-electron chi connectivity index (χ0n) is 11.7. The lowest BCUT2D eigenvalue weighted by atomic mass is 10.0. The molecule has 0 unspecified atom stereocenters. The molecule has 1 heteroatoms. The van der Waals surface area contributed by atoms with E-state index in [0.717, 1.165) is 0 Å². The predicted molar refractivity (Wildman–Crippen MR) is 81.6 cm³/mol. The Bertz CT molecular complexity index is 488. The van der Waals surface area contributed by atoms with Crippen molar-refractivity contribution in [1.29, 1.82) is 0 Å². The third kappa shape index (κ3) is 3.85. The van der Waals surface area contributed by atoms with E-state index >= 15 is 0 Å². The van der Waals surface area contributed by atoms with Crippen molar-refractivity contribution >= 4 is 10.8 Å². The number of fused-ring (bicyclic) bond motifs is 1. The second-order valence-corrected chi connectivity index (χ2v) is 5.00. The number of hydrogen-bond acceptors (Lipinski definition) is 1. The molecule has 0 spiro atoms. The second kappa shape index (κ2) is 7.17. The predicted octanol–water partition coefficient (Wildman–Crippen LogP) is 5.43. The molecule has 0 saturated carbocycles. The van der Waals surface area contributed by atoms with Gasteiger partial charge < -0.3 is 6.15 Å². The minimum absolute atomic E-state index is 0. The summed E-state index contributed by atoms with van der Waals surface area (Å²) >= 11 is 0. The second-order valence-electron chi connectivity index (χ2n) is 5.00. The maximum Gasteiger partial charge on any atom is -0.0179 e. The number of hydrogen-bond donors (Lipinski definition) is 1. The van der Waals surface area contributed by atoms with Gasteiger partial charge >= 0.3 is 0 Å². The van der Waals surface area contributed by atoms with Gasteiger partial charge in [0.05, 0.1) is 0 Å². The highest BCUT2D eigenvalue weighted by Gasteiger charge is 1.97. The summed E-state index contributed by atoms with van der Waals surface area (Å²) in [5, 5.41) is 2.74. The topological polar surface area (TPSA) is 35.0 Å². The van der Waals surface area contributed by atoms with Crippen molar-refractivity contribution in [1.82, 2.24) is 6.15 Å². The van der Waals surface area contributed by atoms with Crippen molar-refractivity contribution in [3.63, 3.8) is 0 Å². The van der Waals surface area contributed by atoms with E-state index in [4.69, 9.17) is 0 Å². The van der Waals surface area contributed by atoms with E-state index in [1.165, 1.54) is 54.0 Å². The van der Waals surface area contributed by atoms with Crippen molar-refractivity contribution in [2.75, 3.05) is 0 Å². The highest BCUT2D eigenvalue weighted by atomic mass is 14.0. The summed E-state index contributed by atoms with van der Waals surface area (Å²) < 4.78 is 0. The van der Waals surface area contributed by atoms with Gasteiger partial charge in [0.2, 0.25) is 0 Å². The van der Waals surface area contributed by atoms with Gasteiger partial charge in [0.1, 0.15) is 0 Å². The van der Waals surface area contributed by atoms with Gasteiger partial charge in [-0.2, -0.15) is 0 Å². The van der Waals surface area contributed by atoms with Gasteiger partial charge in [-0.15, -0.1) is 0 Å². The van der Waals surface area contributed by atoms with Crippen molar-refractivity contribution in [3.05, 3.63) is 47.5 Å². The van der Waals surface area contributed by atoms with Gasteiger partial charge in [0, 0.05) is 0 Å². The number of unbranched alkanes of at least 4 members (excludes halogenated alkanes) is 3. The lowest BCUT2D eigenvalue weighted by molar-refractivity contribution is 0.667. The normalized spacial score (nSPS) is 10.3. The summed E-state index contributed by atoms with van der Waals surface area (Å²) in [6, 6.07) is 13.6. The van der Waals surface area contributed by atoms with Crippen LogP contribution in [-0.4, -0.2) is 0 Å². The molecule has 0 radical (unpaired) electrons. The average molecular weight is 243 g/mol. The maximum atomic E-state index is 2.36.